The summed E-state index contributed by atoms with van der Waals surface area (Å²) in [6.07, 6.45) is 3.53. The molecule has 0 aliphatic heterocycles. The molecule has 10 nitrogen and oxygen atoms in total. The fourth-order valence-corrected chi connectivity index (χ4v) is 4.14. The van der Waals surface area contributed by atoms with Crippen LogP contribution in [0.25, 0.3) is 16.7 Å². The lowest BCUT2D eigenvalue weighted by Crippen LogP contribution is -2.30. The van der Waals surface area contributed by atoms with Crippen molar-refractivity contribution in [2.45, 2.75) is 25.8 Å². The molecule has 0 amide bonds. The number of benzene rings is 1. The second-order valence-corrected chi connectivity index (χ2v) is 8.52. The van der Waals surface area contributed by atoms with E-state index in [1.807, 2.05) is 6.92 Å². The Labute approximate surface area is 192 Å². The van der Waals surface area contributed by atoms with E-state index in [1.54, 1.807) is 24.4 Å². The zero-order chi connectivity index (χ0) is 22.6. The first kappa shape index (κ1) is 20.5. The minimum absolute atomic E-state index is 0.0102. The zero-order valence-corrected chi connectivity index (χ0v) is 18.4. The van der Waals surface area contributed by atoms with Crippen LogP contribution in [0, 0.1) is 12.8 Å². The largest absolute Gasteiger partial charge is 0.382 e. The third-order valence-electron chi connectivity index (χ3n) is 5.46. The fourth-order valence-electron chi connectivity index (χ4n) is 3.75. The zero-order valence-electron chi connectivity index (χ0n) is 16.9. The van der Waals surface area contributed by atoms with Crippen molar-refractivity contribution in [1.29, 1.82) is 0 Å². The van der Waals surface area contributed by atoms with Crippen molar-refractivity contribution in [2.75, 3.05) is 16.8 Å². The van der Waals surface area contributed by atoms with Crippen LogP contribution in [0.4, 0.5) is 17.6 Å². The molecular weight excluding hydrogens is 453 g/mol. The van der Waals surface area contributed by atoms with Crippen LogP contribution < -0.4 is 22.3 Å². The Balaban J connectivity index is 1.76. The van der Waals surface area contributed by atoms with Crippen LogP contribution in [-0.2, 0) is 0 Å². The molecule has 0 bridgehead atoms. The molecule has 0 saturated heterocycles. The highest BCUT2D eigenvalue weighted by molar-refractivity contribution is 6.35. The van der Waals surface area contributed by atoms with E-state index < -0.39 is 6.04 Å². The van der Waals surface area contributed by atoms with Gasteiger partial charge in [-0.2, -0.15) is 15.1 Å². The number of hydrogen-bond donors (Lipinski definition) is 4. The number of aryl methyl sites for hydroxylation is 1. The fraction of sp³-hybridized carbons (Fsp3) is 0.250. The van der Waals surface area contributed by atoms with Gasteiger partial charge in [0.05, 0.1) is 28.2 Å². The first-order chi connectivity index (χ1) is 15.3. The van der Waals surface area contributed by atoms with Crippen molar-refractivity contribution in [3.8, 4) is 5.82 Å². The highest BCUT2D eigenvalue weighted by Gasteiger charge is 2.37. The maximum atomic E-state index is 13.7. The quantitative estimate of drug-likeness (QED) is 0.345. The molecule has 6 N–H and O–H groups in total. The SMILES string of the molecule is Cc1cn[nH]c1-n1c([C@@H](Nc2nc(N)nc(N)c2Cl)C2CC2)nc2cccc(Cl)c2c1=O. The summed E-state index contributed by atoms with van der Waals surface area (Å²) in [6.45, 7) is 1.86. The number of nitrogens with zero attached hydrogens (tertiary/aromatic N) is 5. The molecular formula is C20H19Cl2N9O. The summed E-state index contributed by atoms with van der Waals surface area (Å²) in [4.78, 5) is 26.6. The molecule has 1 fully saturated rings. The summed E-state index contributed by atoms with van der Waals surface area (Å²) in [5.74, 6) is 1.52. The van der Waals surface area contributed by atoms with Gasteiger partial charge in [0, 0.05) is 5.56 Å². The molecule has 5 rings (SSSR count). The summed E-state index contributed by atoms with van der Waals surface area (Å²) < 4.78 is 1.51. The second-order valence-electron chi connectivity index (χ2n) is 7.74. The average Bonchev–Trinajstić information content (AvgIpc) is 3.50. The monoisotopic (exact) mass is 471 g/mol. The lowest BCUT2D eigenvalue weighted by atomic mass is 10.1. The number of hydrogen-bond acceptors (Lipinski definition) is 8. The van der Waals surface area contributed by atoms with Crippen LogP contribution in [0.5, 0.6) is 0 Å². The topological polar surface area (TPSA) is 153 Å². The van der Waals surface area contributed by atoms with Gasteiger partial charge in [-0.15, -0.1) is 0 Å². The molecule has 1 aliphatic carbocycles. The molecule has 1 atom stereocenters. The van der Waals surface area contributed by atoms with Crippen molar-refractivity contribution in [2.24, 2.45) is 5.92 Å². The van der Waals surface area contributed by atoms with Crippen molar-refractivity contribution >= 4 is 51.7 Å². The van der Waals surface area contributed by atoms with Gasteiger partial charge in [-0.3, -0.25) is 9.89 Å². The molecule has 0 spiro atoms. The molecule has 0 radical (unpaired) electrons. The highest BCUT2D eigenvalue weighted by atomic mass is 35.5. The number of rotatable bonds is 5. The van der Waals surface area contributed by atoms with Gasteiger partial charge in [-0.05, 0) is 37.8 Å². The maximum Gasteiger partial charge on any atom is 0.268 e. The Morgan fingerprint density at radius 2 is 2.00 bits per heavy atom. The Hall–Kier alpha value is -3.37. The van der Waals surface area contributed by atoms with Crippen LogP contribution >= 0.6 is 23.2 Å². The molecule has 0 unspecified atom stereocenters. The Morgan fingerprint density at radius 3 is 2.69 bits per heavy atom. The van der Waals surface area contributed by atoms with Gasteiger partial charge in [-0.25, -0.2) is 9.55 Å². The van der Waals surface area contributed by atoms with Crippen molar-refractivity contribution in [1.82, 2.24) is 29.7 Å². The van der Waals surface area contributed by atoms with Gasteiger partial charge >= 0.3 is 0 Å². The highest BCUT2D eigenvalue weighted by Crippen LogP contribution is 2.44. The van der Waals surface area contributed by atoms with E-state index in [0.717, 1.165) is 18.4 Å². The number of halogens is 2. The molecule has 164 valence electrons. The normalized spacial score (nSPS) is 14.6. The number of aromatic amines is 1. The minimum Gasteiger partial charge on any atom is -0.382 e. The first-order valence-electron chi connectivity index (χ1n) is 9.91. The molecule has 3 aromatic heterocycles. The molecule has 1 saturated carbocycles. The van der Waals surface area contributed by atoms with Crippen LogP contribution in [-0.4, -0.2) is 29.7 Å². The summed E-state index contributed by atoms with van der Waals surface area (Å²) in [7, 11) is 0. The number of nitrogens with one attached hydrogen (secondary N) is 2. The summed E-state index contributed by atoms with van der Waals surface area (Å²) in [6, 6.07) is 4.78. The first-order valence-corrected chi connectivity index (χ1v) is 10.7. The Kier molecular flexibility index (Phi) is 4.90. The predicted molar refractivity (Wildman–Crippen MR) is 124 cm³/mol. The standard InChI is InChI=1S/C20H19Cl2N9O/c1-8-7-25-30-17(8)31-18(26-11-4-2-3-10(21)12(11)19(31)32)14(9-5-6-9)27-16-13(22)15(23)28-20(24)29-16/h2-4,7,9,14H,5-6H2,1H3,(H,25,30)(H5,23,24,27,28,29)/t14-/m0/s1. The van der Waals surface area contributed by atoms with Crippen molar-refractivity contribution in [3.63, 3.8) is 0 Å². The number of nitrogen functional groups attached to an aromatic ring is 2. The molecule has 3 heterocycles. The van der Waals surface area contributed by atoms with E-state index in [2.05, 4.69) is 25.5 Å². The summed E-state index contributed by atoms with van der Waals surface area (Å²) in [5, 5.41) is 11.1. The van der Waals surface area contributed by atoms with E-state index >= 15 is 0 Å². The van der Waals surface area contributed by atoms with Gasteiger partial charge in [0.15, 0.2) is 5.82 Å². The Morgan fingerprint density at radius 1 is 1.22 bits per heavy atom. The predicted octanol–water partition coefficient (Wildman–Crippen LogP) is 3.24. The van der Waals surface area contributed by atoms with Gasteiger partial charge < -0.3 is 16.8 Å². The van der Waals surface area contributed by atoms with Crippen LogP contribution in [0.1, 0.15) is 30.3 Å². The maximum absolute atomic E-state index is 13.7. The van der Waals surface area contributed by atoms with Crippen molar-refractivity contribution < 1.29 is 0 Å². The third kappa shape index (κ3) is 3.41. The lowest BCUT2D eigenvalue weighted by Gasteiger charge is -2.23. The van der Waals surface area contributed by atoms with Crippen molar-refractivity contribution in [3.05, 3.63) is 56.2 Å². The van der Waals surface area contributed by atoms with Crippen LogP contribution in [0.2, 0.25) is 10.0 Å². The van der Waals surface area contributed by atoms with Gasteiger partial charge in [0.2, 0.25) is 5.95 Å². The number of nitrogens with two attached hydrogens (primary N) is 2. The summed E-state index contributed by atoms with van der Waals surface area (Å²) >= 11 is 12.7. The average molecular weight is 472 g/mol. The van der Waals surface area contributed by atoms with E-state index in [-0.39, 0.29) is 34.1 Å². The molecule has 1 aliphatic rings. The van der Waals surface area contributed by atoms with Crippen LogP contribution in [0.3, 0.4) is 0 Å². The van der Waals surface area contributed by atoms with E-state index in [4.69, 9.17) is 39.7 Å². The van der Waals surface area contributed by atoms with E-state index in [0.29, 0.717) is 27.6 Å². The third-order valence-corrected chi connectivity index (χ3v) is 6.14. The molecule has 1 aromatic carbocycles. The minimum atomic E-state index is -0.403. The van der Waals surface area contributed by atoms with Gasteiger partial charge in [0.25, 0.3) is 5.56 Å². The molecule has 12 heteroatoms. The number of fused-ring (bicyclic) bond motifs is 1. The lowest BCUT2D eigenvalue weighted by molar-refractivity contribution is 0.605. The van der Waals surface area contributed by atoms with Gasteiger partial charge in [0.1, 0.15) is 22.5 Å². The molecule has 4 aromatic rings. The Bertz CT molecular complexity index is 1410. The van der Waals surface area contributed by atoms with Gasteiger partial charge in [-0.1, -0.05) is 29.3 Å². The van der Waals surface area contributed by atoms with Crippen LogP contribution in [0.15, 0.2) is 29.2 Å². The summed E-state index contributed by atoms with van der Waals surface area (Å²) in [5.41, 5.74) is 12.6. The second kappa shape index (κ2) is 7.64. The number of aromatic nitrogens is 6. The van der Waals surface area contributed by atoms with E-state index in [1.165, 1.54) is 4.57 Å². The molecule has 32 heavy (non-hydrogen) atoms. The van der Waals surface area contributed by atoms with E-state index in [9.17, 15) is 4.79 Å². The number of H-pyrrole nitrogens is 1. The number of anilines is 3. The smallest absolute Gasteiger partial charge is 0.268 e.